The molecule has 0 atom stereocenters. The topological polar surface area (TPSA) is 90.0 Å². The lowest BCUT2D eigenvalue weighted by molar-refractivity contribution is -0.119. The molecule has 0 bridgehead atoms. The Balaban J connectivity index is 1.96. The van der Waals surface area contributed by atoms with Crippen LogP contribution in [-0.2, 0) is 23.2 Å². The third kappa shape index (κ3) is 2.57. The highest BCUT2D eigenvalue weighted by Crippen LogP contribution is 2.38. The van der Waals surface area contributed by atoms with Crippen LogP contribution in [0.5, 0.6) is 0 Å². The van der Waals surface area contributed by atoms with Crippen molar-refractivity contribution in [2.75, 3.05) is 6.61 Å². The lowest BCUT2D eigenvalue weighted by atomic mass is 10.00. The highest BCUT2D eigenvalue weighted by molar-refractivity contribution is 6.51. The molecule has 0 saturated carbocycles. The van der Waals surface area contributed by atoms with Crippen molar-refractivity contribution in [2.45, 2.75) is 19.4 Å². The van der Waals surface area contributed by atoms with Crippen LogP contribution in [0.3, 0.4) is 0 Å². The number of ketones is 2. The molecule has 0 radical (unpaired) electrons. The maximum atomic E-state index is 12.7. The molecule has 132 valence electrons. The van der Waals surface area contributed by atoms with Gasteiger partial charge in [0.25, 0.3) is 0 Å². The first-order chi connectivity index (χ1) is 12.6. The van der Waals surface area contributed by atoms with E-state index in [1.807, 2.05) is 22.9 Å². The van der Waals surface area contributed by atoms with E-state index in [4.69, 9.17) is 5.11 Å². The second kappa shape index (κ2) is 6.34. The number of allylic oxidation sites excluding steroid dienone is 2. The predicted molar refractivity (Wildman–Crippen MR) is 96.1 cm³/mol. The number of hydrogen-bond donors (Lipinski definition) is 1. The van der Waals surface area contributed by atoms with Crippen molar-refractivity contribution < 1.29 is 14.7 Å². The van der Waals surface area contributed by atoms with Crippen molar-refractivity contribution in [3.63, 3.8) is 0 Å². The van der Waals surface area contributed by atoms with Gasteiger partial charge in [0.05, 0.1) is 17.7 Å². The molecule has 26 heavy (non-hydrogen) atoms. The maximum absolute atomic E-state index is 12.7. The Morgan fingerprint density at radius 3 is 2.73 bits per heavy atom. The van der Waals surface area contributed by atoms with E-state index >= 15 is 0 Å². The van der Waals surface area contributed by atoms with Crippen LogP contribution in [0.1, 0.15) is 24.1 Å². The number of aromatic nitrogens is 4. The molecule has 0 aliphatic heterocycles. The number of hydrogen-bond acceptors (Lipinski definition) is 5. The Labute approximate surface area is 149 Å². The quantitative estimate of drug-likeness (QED) is 0.706. The van der Waals surface area contributed by atoms with Crippen LogP contribution in [0, 0.1) is 0 Å². The van der Waals surface area contributed by atoms with Gasteiger partial charge in [0, 0.05) is 55.3 Å². The Hall–Kier alpha value is -3.06. The van der Waals surface area contributed by atoms with E-state index in [1.165, 1.54) is 0 Å². The van der Waals surface area contributed by atoms with Gasteiger partial charge in [0.1, 0.15) is 5.65 Å². The minimum Gasteiger partial charge on any atom is -0.396 e. The van der Waals surface area contributed by atoms with Crippen molar-refractivity contribution in [2.24, 2.45) is 7.05 Å². The zero-order chi connectivity index (χ0) is 18.3. The third-order valence-corrected chi connectivity index (χ3v) is 4.56. The number of fused-ring (bicyclic) bond motifs is 1. The molecule has 4 rings (SSSR count). The predicted octanol–water partition coefficient (Wildman–Crippen LogP) is 1.60. The van der Waals surface area contributed by atoms with Crippen molar-refractivity contribution in [3.05, 3.63) is 48.0 Å². The molecule has 0 unspecified atom stereocenters. The first-order valence-corrected chi connectivity index (χ1v) is 8.46. The second-order valence-corrected chi connectivity index (χ2v) is 6.34. The summed E-state index contributed by atoms with van der Waals surface area (Å²) in [5.41, 5.74) is 2.73. The molecule has 0 amide bonds. The molecule has 3 aromatic heterocycles. The summed E-state index contributed by atoms with van der Waals surface area (Å²) < 4.78 is 3.53. The van der Waals surface area contributed by atoms with Gasteiger partial charge in [-0.15, -0.1) is 0 Å². The van der Waals surface area contributed by atoms with E-state index < -0.39 is 0 Å². The van der Waals surface area contributed by atoms with E-state index in [1.54, 1.807) is 30.2 Å². The molecule has 0 saturated heterocycles. The number of carbonyl (C=O) groups excluding carboxylic acids is 2. The van der Waals surface area contributed by atoms with Gasteiger partial charge in [-0.1, -0.05) is 0 Å². The summed E-state index contributed by atoms with van der Waals surface area (Å²) in [6.07, 6.45) is 5.74. The number of pyridine rings is 1. The molecule has 0 fully saturated rings. The van der Waals surface area contributed by atoms with Crippen molar-refractivity contribution in [1.82, 2.24) is 19.3 Å². The van der Waals surface area contributed by atoms with Crippen LogP contribution in [0.15, 0.2) is 36.8 Å². The van der Waals surface area contributed by atoms with Crippen LogP contribution in [-0.4, -0.2) is 42.6 Å². The van der Waals surface area contributed by atoms with Gasteiger partial charge in [0.2, 0.25) is 0 Å². The average Bonchev–Trinajstić information content (AvgIpc) is 3.28. The summed E-state index contributed by atoms with van der Waals surface area (Å²) in [6.45, 7) is 0.652. The fraction of sp³-hybridized carbons (Fsp3) is 0.263. The van der Waals surface area contributed by atoms with Gasteiger partial charge < -0.3 is 9.67 Å². The molecular weight excluding hydrogens is 332 g/mol. The van der Waals surface area contributed by atoms with Crippen LogP contribution >= 0.6 is 0 Å². The first kappa shape index (κ1) is 16.4. The van der Waals surface area contributed by atoms with Gasteiger partial charge in [-0.25, -0.2) is 4.98 Å². The summed E-state index contributed by atoms with van der Waals surface area (Å²) in [4.78, 5) is 29.6. The van der Waals surface area contributed by atoms with Gasteiger partial charge in [0.15, 0.2) is 11.6 Å². The summed E-state index contributed by atoms with van der Waals surface area (Å²) in [7, 11) is 1.77. The monoisotopic (exact) mass is 350 g/mol. The molecule has 1 aliphatic carbocycles. The normalized spacial score (nSPS) is 14.8. The fourth-order valence-electron chi connectivity index (χ4n) is 3.44. The van der Waals surface area contributed by atoms with Gasteiger partial charge in [-0.05, 0) is 24.6 Å². The maximum Gasteiger partial charge on any atom is 0.173 e. The standard InChI is InChI=1S/C19H18N4O3/c1-22-8-5-14(21-22)18-16(26)10-15(25)17(18)13-11-23(7-3-9-24)19-12(13)4-2-6-20-19/h2,4-6,8,11,24H,3,7,9-10H2,1H3. The fourth-order valence-corrected chi connectivity index (χ4v) is 3.44. The van der Waals surface area contributed by atoms with E-state index in [9.17, 15) is 9.59 Å². The second-order valence-electron chi connectivity index (χ2n) is 6.34. The Morgan fingerprint density at radius 2 is 2.00 bits per heavy atom. The number of aliphatic hydroxyl groups excluding tert-OH is 1. The molecule has 0 spiro atoms. The zero-order valence-corrected chi connectivity index (χ0v) is 14.3. The first-order valence-electron chi connectivity index (χ1n) is 8.46. The van der Waals surface area contributed by atoms with Gasteiger partial charge >= 0.3 is 0 Å². The molecular formula is C19H18N4O3. The summed E-state index contributed by atoms with van der Waals surface area (Å²) in [6, 6.07) is 5.45. The minimum absolute atomic E-state index is 0.0706. The van der Waals surface area contributed by atoms with E-state index in [0.717, 1.165) is 11.0 Å². The number of carbonyl (C=O) groups is 2. The highest BCUT2D eigenvalue weighted by atomic mass is 16.3. The van der Waals surface area contributed by atoms with E-state index in [-0.39, 0.29) is 24.6 Å². The Bertz CT molecular complexity index is 1060. The molecule has 1 N–H and O–H groups in total. The molecule has 7 heteroatoms. The van der Waals surface area contributed by atoms with Crippen molar-refractivity contribution in [1.29, 1.82) is 0 Å². The van der Waals surface area contributed by atoms with Crippen LogP contribution in [0.2, 0.25) is 0 Å². The zero-order valence-electron chi connectivity index (χ0n) is 14.3. The number of aryl methyl sites for hydroxylation is 2. The number of Topliss-reactive ketones (excluding diaryl/α,β-unsaturated/α-hetero) is 2. The largest absolute Gasteiger partial charge is 0.396 e. The van der Waals surface area contributed by atoms with Crippen LogP contribution < -0.4 is 0 Å². The molecule has 1 aliphatic rings. The SMILES string of the molecule is Cn1ccc(C2=C(c3cn(CCCO)c4ncccc34)C(=O)CC2=O)n1. The highest BCUT2D eigenvalue weighted by Gasteiger charge is 2.35. The average molecular weight is 350 g/mol. The summed E-state index contributed by atoms with van der Waals surface area (Å²) in [5.74, 6) is -0.399. The molecule has 7 nitrogen and oxygen atoms in total. The van der Waals surface area contributed by atoms with Crippen molar-refractivity contribution >= 4 is 33.7 Å². The van der Waals surface area contributed by atoms with Crippen LogP contribution in [0.25, 0.3) is 22.2 Å². The van der Waals surface area contributed by atoms with E-state index in [0.29, 0.717) is 35.4 Å². The summed E-state index contributed by atoms with van der Waals surface area (Å²) >= 11 is 0. The minimum atomic E-state index is -0.205. The van der Waals surface area contributed by atoms with Gasteiger partial charge in [-0.3, -0.25) is 14.3 Å². The lowest BCUT2D eigenvalue weighted by Gasteiger charge is -2.02. The molecule has 3 aromatic rings. The number of nitrogens with zero attached hydrogens (tertiary/aromatic N) is 4. The van der Waals surface area contributed by atoms with Gasteiger partial charge in [-0.2, -0.15) is 5.10 Å². The summed E-state index contributed by atoms with van der Waals surface area (Å²) in [5, 5.41) is 14.3. The van der Waals surface area contributed by atoms with E-state index in [2.05, 4.69) is 10.1 Å². The molecule has 0 aromatic carbocycles. The third-order valence-electron chi connectivity index (χ3n) is 4.56. The lowest BCUT2D eigenvalue weighted by Crippen LogP contribution is -1.99. The smallest absolute Gasteiger partial charge is 0.173 e. The Kier molecular flexibility index (Phi) is 4.00. The number of aliphatic hydroxyl groups is 1. The van der Waals surface area contributed by atoms with Crippen molar-refractivity contribution in [3.8, 4) is 0 Å². The van der Waals surface area contributed by atoms with Crippen LogP contribution in [0.4, 0.5) is 0 Å². The number of rotatable bonds is 5. The Morgan fingerprint density at radius 1 is 1.19 bits per heavy atom. The molecule has 3 heterocycles.